The first-order valence-corrected chi connectivity index (χ1v) is 14.9. The summed E-state index contributed by atoms with van der Waals surface area (Å²) in [6.45, 7) is 9.91. The third-order valence-corrected chi connectivity index (χ3v) is 9.21. The summed E-state index contributed by atoms with van der Waals surface area (Å²) in [5.74, 6) is 0.974. The van der Waals surface area contributed by atoms with E-state index in [-0.39, 0.29) is 11.4 Å². The molecule has 1 fully saturated rings. The minimum Gasteiger partial charge on any atom is -0.385 e. The fourth-order valence-corrected chi connectivity index (χ4v) is 6.39. The Balaban J connectivity index is 1.75. The first kappa shape index (κ1) is 27.8. The maximum atomic E-state index is 13.8. The number of aromatic nitrogens is 2. The van der Waals surface area contributed by atoms with Crippen molar-refractivity contribution in [3.05, 3.63) is 70.3 Å². The van der Waals surface area contributed by atoms with Crippen molar-refractivity contribution in [1.82, 2.24) is 19.0 Å². The van der Waals surface area contributed by atoms with Crippen molar-refractivity contribution in [3.8, 4) is 5.69 Å². The summed E-state index contributed by atoms with van der Waals surface area (Å²) in [7, 11) is -2.10. The minimum absolute atomic E-state index is 0.240. The number of hydrogen-bond donors (Lipinski definition) is 0. The summed E-state index contributed by atoms with van der Waals surface area (Å²) in [6.07, 6.45) is 0.600. The first-order valence-electron chi connectivity index (χ1n) is 12.7. The monoisotopic (exact) mass is 589 g/mol. The standard InChI is InChI=1S/C27H36BrN5O3S/c1-4-30-16-18-31(19-17-30)27-26(22(2)29-33(27)24-9-6-5-7-10-24)21-32(15-8-20-36-3)37(34,35)25-13-11-23(28)12-14-25/h5-7,9-14H,4,8,15-21H2,1-3H3. The zero-order chi connectivity index (χ0) is 26.4. The van der Waals surface area contributed by atoms with Gasteiger partial charge in [-0.15, -0.1) is 0 Å². The molecule has 0 N–H and O–H groups in total. The topological polar surface area (TPSA) is 70.9 Å². The number of aryl methyl sites for hydroxylation is 1. The first-order chi connectivity index (χ1) is 17.8. The van der Waals surface area contributed by atoms with E-state index in [0.29, 0.717) is 19.6 Å². The van der Waals surface area contributed by atoms with Crippen LogP contribution in [0.15, 0.2) is 64.0 Å². The van der Waals surface area contributed by atoms with Gasteiger partial charge in [-0.1, -0.05) is 41.1 Å². The number of rotatable bonds is 11. The molecular weight excluding hydrogens is 554 g/mol. The van der Waals surface area contributed by atoms with Crippen molar-refractivity contribution in [3.63, 3.8) is 0 Å². The maximum Gasteiger partial charge on any atom is 0.243 e. The lowest BCUT2D eigenvalue weighted by Crippen LogP contribution is -2.47. The van der Waals surface area contributed by atoms with E-state index in [1.165, 1.54) is 0 Å². The number of benzene rings is 2. The molecule has 2 aromatic carbocycles. The summed E-state index contributed by atoms with van der Waals surface area (Å²) < 4.78 is 37.3. The zero-order valence-corrected chi connectivity index (χ0v) is 24.2. The van der Waals surface area contributed by atoms with Gasteiger partial charge in [-0.3, -0.25) is 0 Å². The van der Waals surface area contributed by atoms with E-state index < -0.39 is 10.0 Å². The fraction of sp³-hybridized carbons (Fsp3) is 0.444. The van der Waals surface area contributed by atoms with Crippen LogP contribution in [0.2, 0.25) is 0 Å². The number of piperazine rings is 1. The third-order valence-electron chi connectivity index (χ3n) is 6.82. The van der Waals surface area contributed by atoms with Crippen molar-refractivity contribution in [2.75, 3.05) is 57.9 Å². The second-order valence-corrected chi connectivity index (χ2v) is 12.0. The molecule has 0 atom stereocenters. The van der Waals surface area contributed by atoms with E-state index in [9.17, 15) is 8.42 Å². The van der Waals surface area contributed by atoms with Crippen molar-refractivity contribution in [1.29, 1.82) is 0 Å². The number of likely N-dealkylation sites (N-methyl/N-ethyl adjacent to an activating group) is 1. The van der Waals surface area contributed by atoms with Gasteiger partial charge in [-0.25, -0.2) is 13.1 Å². The molecule has 1 saturated heterocycles. The molecule has 1 aliphatic rings. The molecule has 4 rings (SSSR count). The molecule has 0 amide bonds. The number of halogens is 1. The Morgan fingerprint density at radius 2 is 1.70 bits per heavy atom. The molecule has 0 saturated carbocycles. The molecule has 3 aromatic rings. The van der Waals surface area contributed by atoms with Gasteiger partial charge in [0.05, 0.1) is 16.3 Å². The minimum atomic E-state index is -3.74. The van der Waals surface area contributed by atoms with Crippen LogP contribution in [-0.2, 0) is 21.3 Å². The number of anilines is 1. The molecule has 8 nitrogen and oxygen atoms in total. The van der Waals surface area contributed by atoms with Crippen LogP contribution in [-0.4, -0.2) is 80.4 Å². The van der Waals surface area contributed by atoms with Gasteiger partial charge in [0.25, 0.3) is 0 Å². The predicted octanol–water partition coefficient (Wildman–Crippen LogP) is 4.31. The largest absolute Gasteiger partial charge is 0.385 e. The fourth-order valence-electron chi connectivity index (χ4n) is 4.68. The highest BCUT2D eigenvalue weighted by atomic mass is 79.9. The lowest BCUT2D eigenvalue weighted by Gasteiger charge is -2.36. The van der Waals surface area contributed by atoms with E-state index in [2.05, 4.69) is 32.7 Å². The van der Waals surface area contributed by atoms with Crippen LogP contribution in [0.25, 0.3) is 5.69 Å². The number of para-hydroxylation sites is 1. The quantitative estimate of drug-likeness (QED) is 0.310. The number of ether oxygens (including phenoxy) is 1. The summed E-state index contributed by atoms with van der Waals surface area (Å²) in [5, 5.41) is 4.92. The van der Waals surface area contributed by atoms with Crippen LogP contribution < -0.4 is 4.90 Å². The second kappa shape index (κ2) is 12.5. The van der Waals surface area contributed by atoms with Crippen molar-refractivity contribution >= 4 is 31.8 Å². The van der Waals surface area contributed by atoms with Gasteiger partial charge in [-0.05, 0) is 56.3 Å². The predicted molar refractivity (Wildman–Crippen MR) is 151 cm³/mol. The van der Waals surface area contributed by atoms with Crippen LogP contribution in [0, 0.1) is 6.92 Å². The second-order valence-electron chi connectivity index (χ2n) is 9.20. The van der Waals surface area contributed by atoms with Gasteiger partial charge in [0.2, 0.25) is 10.0 Å². The Morgan fingerprint density at radius 1 is 1.03 bits per heavy atom. The molecule has 10 heteroatoms. The van der Waals surface area contributed by atoms with E-state index in [4.69, 9.17) is 9.84 Å². The number of hydrogen-bond acceptors (Lipinski definition) is 6. The third kappa shape index (κ3) is 6.43. The van der Waals surface area contributed by atoms with E-state index >= 15 is 0 Å². The summed E-state index contributed by atoms with van der Waals surface area (Å²) in [6, 6.07) is 16.9. The molecule has 0 bridgehead atoms. The Kier molecular flexibility index (Phi) is 9.41. The summed E-state index contributed by atoms with van der Waals surface area (Å²) >= 11 is 3.41. The summed E-state index contributed by atoms with van der Waals surface area (Å²) in [4.78, 5) is 5.06. The molecular formula is C27H36BrN5O3S. The van der Waals surface area contributed by atoms with Crippen LogP contribution in [0.5, 0.6) is 0 Å². The van der Waals surface area contributed by atoms with Crippen LogP contribution in [0.1, 0.15) is 24.6 Å². The van der Waals surface area contributed by atoms with E-state index in [0.717, 1.165) is 60.0 Å². The normalized spacial score (nSPS) is 15.0. The van der Waals surface area contributed by atoms with E-state index in [1.807, 2.05) is 41.9 Å². The lowest BCUT2D eigenvalue weighted by atomic mass is 10.2. The number of sulfonamides is 1. The molecule has 0 aliphatic carbocycles. The highest BCUT2D eigenvalue weighted by Gasteiger charge is 2.30. The molecule has 1 aromatic heterocycles. The Morgan fingerprint density at radius 3 is 2.32 bits per heavy atom. The Labute approximate surface area is 229 Å². The highest BCUT2D eigenvalue weighted by Crippen LogP contribution is 2.31. The average Bonchev–Trinajstić information content (AvgIpc) is 3.24. The average molecular weight is 591 g/mol. The van der Waals surface area contributed by atoms with Crippen molar-refractivity contribution in [2.24, 2.45) is 0 Å². The van der Waals surface area contributed by atoms with Crippen molar-refractivity contribution in [2.45, 2.75) is 31.7 Å². The van der Waals surface area contributed by atoms with Gasteiger partial charge in [0.1, 0.15) is 5.82 Å². The molecule has 0 unspecified atom stereocenters. The van der Waals surface area contributed by atoms with Crippen LogP contribution >= 0.6 is 15.9 Å². The van der Waals surface area contributed by atoms with Gasteiger partial charge < -0.3 is 14.5 Å². The van der Waals surface area contributed by atoms with Crippen molar-refractivity contribution < 1.29 is 13.2 Å². The van der Waals surface area contributed by atoms with Gasteiger partial charge >= 0.3 is 0 Å². The number of nitrogens with zero attached hydrogens (tertiary/aromatic N) is 5. The van der Waals surface area contributed by atoms with E-state index in [1.54, 1.807) is 35.7 Å². The Bertz CT molecular complexity index is 1260. The number of methoxy groups -OCH3 is 1. The lowest BCUT2D eigenvalue weighted by molar-refractivity contribution is 0.186. The van der Waals surface area contributed by atoms with Crippen LogP contribution in [0.4, 0.5) is 5.82 Å². The summed E-state index contributed by atoms with van der Waals surface area (Å²) in [5.41, 5.74) is 2.73. The molecule has 2 heterocycles. The van der Waals surface area contributed by atoms with Gasteiger partial charge in [0.15, 0.2) is 0 Å². The van der Waals surface area contributed by atoms with Crippen LogP contribution in [0.3, 0.4) is 0 Å². The molecule has 200 valence electrons. The van der Waals surface area contributed by atoms with Gasteiger partial charge in [0, 0.05) is 63.0 Å². The Hall–Kier alpha value is -2.24. The molecule has 37 heavy (non-hydrogen) atoms. The maximum absolute atomic E-state index is 13.8. The molecule has 0 spiro atoms. The molecule has 0 radical (unpaired) electrons. The zero-order valence-electron chi connectivity index (χ0n) is 21.8. The smallest absolute Gasteiger partial charge is 0.243 e. The highest BCUT2D eigenvalue weighted by molar-refractivity contribution is 9.10. The van der Waals surface area contributed by atoms with Gasteiger partial charge in [-0.2, -0.15) is 9.40 Å². The molecule has 1 aliphatic heterocycles. The SMILES string of the molecule is CCN1CCN(c2c(CN(CCCOC)S(=O)(=O)c3ccc(Br)cc3)c(C)nn2-c2ccccc2)CC1.